The third-order valence-corrected chi connectivity index (χ3v) is 5.40. The smallest absolute Gasteiger partial charge is 0.416 e. The molecule has 3 rings (SSSR count). The van der Waals surface area contributed by atoms with Crippen molar-refractivity contribution in [3.8, 4) is 5.75 Å². The van der Waals surface area contributed by atoms with E-state index in [9.17, 15) is 13.2 Å². The van der Waals surface area contributed by atoms with Gasteiger partial charge in [0.05, 0.1) is 12.2 Å². The molecule has 1 saturated heterocycles. The first-order valence-corrected chi connectivity index (χ1v) is 9.95. The Labute approximate surface area is 164 Å². The lowest BCUT2D eigenvalue weighted by Gasteiger charge is -2.37. The largest absolute Gasteiger partial charge is 0.493 e. The van der Waals surface area contributed by atoms with Gasteiger partial charge in [-0.05, 0) is 63.2 Å². The van der Waals surface area contributed by atoms with Crippen molar-refractivity contribution < 1.29 is 22.3 Å². The van der Waals surface area contributed by atoms with Crippen LogP contribution in [-0.4, -0.2) is 31.1 Å². The van der Waals surface area contributed by atoms with Gasteiger partial charge in [-0.1, -0.05) is 19.4 Å². The van der Waals surface area contributed by atoms with Gasteiger partial charge in [-0.2, -0.15) is 13.2 Å². The molecule has 1 aliphatic rings. The number of unbranched alkanes of at least 4 members (excludes halogenated alkanes) is 1. The van der Waals surface area contributed by atoms with Crippen LogP contribution in [0.15, 0.2) is 40.8 Å². The first-order valence-electron chi connectivity index (χ1n) is 9.95. The van der Waals surface area contributed by atoms with E-state index in [1.165, 1.54) is 6.07 Å². The third kappa shape index (κ3) is 5.31. The SMILES string of the molecule is CCCCN1CCC(c2ccc(C)o2)C(COc2cccc(C(F)(F)F)c2)C1. The van der Waals surface area contributed by atoms with Gasteiger partial charge in [0.1, 0.15) is 17.3 Å². The van der Waals surface area contributed by atoms with Gasteiger partial charge in [0.2, 0.25) is 0 Å². The summed E-state index contributed by atoms with van der Waals surface area (Å²) in [7, 11) is 0. The van der Waals surface area contributed by atoms with Crippen molar-refractivity contribution in [1.82, 2.24) is 4.90 Å². The number of nitrogens with zero attached hydrogens (tertiary/aromatic N) is 1. The van der Waals surface area contributed by atoms with Gasteiger partial charge in [-0.15, -0.1) is 0 Å². The number of halogens is 3. The first kappa shape index (κ1) is 20.8. The second-order valence-corrected chi connectivity index (χ2v) is 7.59. The molecule has 3 nitrogen and oxygen atoms in total. The Hall–Kier alpha value is -1.95. The molecule has 0 N–H and O–H groups in total. The molecule has 2 unspecified atom stereocenters. The number of benzene rings is 1. The lowest BCUT2D eigenvalue weighted by Crippen LogP contribution is -2.42. The highest BCUT2D eigenvalue weighted by Crippen LogP contribution is 2.35. The normalized spacial score (nSPS) is 21.0. The van der Waals surface area contributed by atoms with E-state index < -0.39 is 11.7 Å². The molecule has 28 heavy (non-hydrogen) atoms. The van der Waals surface area contributed by atoms with Gasteiger partial charge in [0.25, 0.3) is 0 Å². The Kier molecular flexibility index (Phi) is 6.70. The minimum absolute atomic E-state index is 0.172. The molecule has 2 aromatic rings. The zero-order valence-electron chi connectivity index (χ0n) is 16.5. The van der Waals surface area contributed by atoms with Crippen LogP contribution in [-0.2, 0) is 6.18 Å². The molecule has 0 radical (unpaired) electrons. The molecule has 0 bridgehead atoms. The van der Waals surface area contributed by atoms with Crippen molar-refractivity contribution in [2.45, 2.75) is 45.2 Å². The number of rotatable bonds is 7. The Morgan fingerprint density at radius 2 is 2.04 bits per heavy atom. The summed E-state index contributed by atoms with van der Waals surface area (Å²) >= 11 is 0. The zero-order valence-corrected chi connectivity index (χ0v) is 16.5. The summed E-state index contributed by atoms with van der Waals surface area (Å²) in [5.41, 5.74) is -0.684. The summed E-state index contributed by atoms with van der Waals surface area (Å²) in [6.45, 7) is 7.38. The maximum absolute atomic E-state index is 12.9. The molecular weight excluding hydrogens is 367 g/mol. The molecule has 1 aliphatic heterocycles. The summed E-state index contributed by atoms with van der Waals surface area (Å²) < 4.78 is 50.5. The molecular formula is C22H28F3NO2. The number of furan rings is 1. The Bertz CT molecular complexity index is 756. The maximum atomic E-state index is 12.9. The topological polar surface area (TPSA) is 25.6 Å². The van der Waals surface area contributed by atoms with E-state index >= 15 is 0 Å². The van der Waals surface area contributed by atoms with Crippen LogP contribution in [0.4, 0.5) is 13.2 Å². The second kappa shape index (κ2) is 9.03. The molecule has 0 spiro atoms. The van der Waals surface area contributed by atoms with Crippen LogP contribution in [0.3, 0.4) is 0 Å². The fourth-order valence-electron chi connectivity index (χ4n) is 3.85. The highest BCUT2D eigenvalue weighted by molar-refractivity contribution is 5.30. The van der Waals surface area contributed by atoms with Crippen molar-refractivity contribution in [3.63, 3.8) is 0 Å². The minimum atomic E-state index is -4.37. The van der Waals surface area contributed by atoms with Crippen molar-refractivity contribution in [2.24, 2.45) is 5.92 Å². The number of hydrogen-bond donors (Lipinski definition) is 0. The van der Waals surface area contributed by atoms with E-state index in [1.807, 2.05) is 19.1 Å². The van der Waals surface area contributed by atoms with Gasteiger partial charge < -0.3 is 14.1 Å². The summed E-state index contributed by atoms with van der Waals surface area (Å²) in [5.74, 6) is 2.48. The van der Waals surface area contributed by atoms with Gasteiger partial charge >= 0.3 is 6.18 Å². The van der Waals surface area contributed by atoms with Crippen molar-refractivity contribution in [1.29, 1.82) is 0 Å². The average Bonchev–Trinajstić information content (AvgIpc) is 3.10. The number of aryl methyl sites for hydroxylation is 1. The highest BCUT2D eigenvalue weighted by atomic mass is 19.4. The molecule has 1 aromatic carbocycles. The van der Waals surface area contributed by atoms with E-state index in [0.717, 1.165) is 62.5 Å². The lowest BCUT2D eigenvalue weighted by molar-refractivity contribution is -0.137. The van der Waals surface area contributed by atoms with Crippen LogP contribution in [0.5, 0.6) is 5.75 Å². The average molecular weight is 395 g/mol. The molecule has 0 saturated carbocycles. The number of likely N-dealkylation sites (tertiary alicyclic amines) is 1. The number of hydrogen-bond acceptors (Lipinski definition) is 3. The summed E-state index contributed by atoms with van der Waals surface area (Å²) in [4.78, 5) is 2.43. The molecule has 154 valence electrons. The predicted molar refractivity (Wildman–Crippen MR) is 103 cm³/mol. The fraction of sp³-hybridized carbons (Fsp3) is 0.545. The van der Waals surface area contributed by atoms with Gasteiger partial charge in [-0.25, -0.2) is 0 Å². The fourth-order valence-corrected chi connectivity index (χ4v) is 3.85. The maximum Gasteiger partial charge on any atom is 0.416 e. The van der Waals surface area contributed by atoms with Crippen molar-refractivity contribution >= 4 is 0 Å². The van der Waals surface area contributed by atoms with E-state index in [4.69, 9.17) is 9.15 Å². The van der Waals surface area contributed by atoms with Crippen LogP contribution in [0.2, 0.25) is 0 Å². The lowest BCUT2D eigenvalue weighted by atomic mass is 9.84. The van der Waals surface area contributed by atoms with Gasteiger partial charge in [0.15, 0.2) is 0 Å². The summed E-state index contributed by atoms with van der Waals surface area (Å²) in [6.07, 6.45) is -1.11. The summed E-state index contributed by atoms with van der Waals surface area (Å²) in [5, 5.41) is 0. The van der Waals surface area contributed by atoms with E-state index in [1.54, 1.807) is 6.07 Å². The molecule has 2 atom stereocenters. The predicted octanol–water partition coefficient (Wildman–Crippen LogP) is 5.89. The van der Waals surface area contributed by atoms with Gasteiger partial charge in [-0.3, -0.25) is 0 Å². The molecule has 0 aliphatic carbocycles. The number of piperidine rings is 1. The van der Waals surface area contributed by atoms with Crippen LogP contribution in [0.1, 0.15) is 49.2 Å². The number of alkyl halides is 3. The Morgan fingerprint density at radius 3 is 2.71 bits per heavy atom. The molecule has 1 fully saturated rings. The van der Waals surface area contributed by atoms with Crippen LogP contribution in [0.25, 0.3) is 0 Å². The number of ether oxygens (including phenoxy) is 1. The first-order chi connectivity index (χ1) is 13.4. The molecule has 1 aromatic heterocycles. The summed E-state index contributed by atoms with van der Waals surface area (Å²) in [6, 6.07) is 9.08. The van der Waals surface area contributed by atoms with Crippen molar-refractivity contribution in [3.05, 3.63) is 53.5 Å². The van der Waals surface area contributed by atoms with E-state index in [-0.39, 0.29) is 17.6 Å². The highest BCUT2D eigenvalue weighted by Gasteiger charge is 2.33. The minimum Gasteiger partial charge on any atom is -0.493 e. The van der Waals surface area contributed by atoms with E-state index in [0.29, 0.717) is 6.61 Å². The quantitative estimate of drug-likeness (QED) is 0.584. The standard InChI is InChI=1S/C22H28F3NO2/c1-3-4-11-26-12-10-20(21-9-8-16(2)28-21)17(14-26)15-27-19-7-5-6-18(13-19)22(23,24)25/h5-9,13,17,20H,3-4,10-12,14-15H2,1-2H3. The van der Waals surface area contributed by atoms with Crippen molar-refractivity contribution in [2.75, 3.05) is 26.2 Å². The van der Waals surface area contributed by atoms with Crippen LogP contribution >= 0.6 is 0 Å². The van der Waals surface area contributed by atoms with E-state index in [2.05, 4.69) is 11.8 Å². The van der Waals surface area contributed by atoms with Crippen LogP contribution in [0, 0.1) is 12.8 Å². The third-order valence-electron chi connectivity index (χ3n) is 5.40. The van der Waals surface area contributed by atoms with Gasteiger partial charge in [0, 0.05) is 18.4 Å². The molecule has 0 amide bonds. The Morgan fingerprint density at radius 1 is 1.21 bits per heavy atom. The second-order valence-electron chi connectivity index (χ2n) is 7.59. The monoisotopic (exact) mass is 395 g/mol. The Balaban J connectivity index is 1.71. The van der Waals surface area contributed by atoms with Crippen LogP contribution < -0.4 is 4.74 Å². The molecule has 2 heterocycles. The molecule has 6 heteroatoms. The zero-order chi connectivity index (χ0) is 20.1.